The molecule has 0 bridgehead atoms. The van der Waals surface area contributed by atoms with E-state index in [0.29, 0.717) is 22.4 Å². The highest BCUT2D eigenvalue weighted by atomic mass is 35.5. The van der Waals surface area contributed by atoms with E-state index in [9.17, 15) is 23.1 Å². The van der Waals surface area contributed by atoms with Gasteiger partial charge in [0.15, 0.2) is 6.23 Å². The summed E-state index contributed by atoms with van der Waals surface area (Å²) < 4.78 is 47.4. The number of esters is 1. The second-order valence-electron chi connectivity index (χ2n) is 8.03. The Morgan fingerprint density at radius 3 is 2.39 bits per heavy atom. The van der Waals surface area contributed by atoms with Gasteiger partial charge in [-0.1, -0.05) is 52.6 Å². The van der Waals surface area contributed by atoms with Crippen LogP contribution in [0.15, 0.2) is 71.9 Å². The highest BCUT2D eigenvalue weighted by molar-refractivity contribution is 6.34. The second kappa shape index (κ2) is 10.0. The van der Waals surface area contributed by atoms with Crippen molar-refractivity contribution in [3.8, 4) is 0 Å². The largest absolute Gasteiger partial charge is 0.465 e. The number of carbonyl (C=O) groups excluding carboxylic acids is 1. The molecule has 0 amide bonds. The topological polar surface area (TPSA) is 80.2 Å². The smallest absolute Gasteiger partial charge is 0.435 e. The third-order valence-corrected chi connectivity index (χ3v) is 6.10. The average Bonchev–Trinajstić information content (AvgIpc) is 3.30. The predicted molar refractivity (Wildman–Crippen MR) is 129 cm³/mol. The Hall–Kier alpha value is -3.27. The molecule has 2 atom stereocenters. The molecule has 11 heteroatoms. The molecule has 36 heavy (non-hydrogen) atoms. The highest BCUT2D eigenvalue weighted by Crippen LogP contribution is 2.49. The van der Waals surface area contributed by atoms with Gasteiger partial charge in [-0.2, -0.15) is 13.2 Å². The lowest BCUT2D eigenvalue weighted by Gasteiger charge is -2.29. The summed E-state index contributed by atoms with van der Waals surface area (Å²) in [6.07, 6.45) is -6.57. The van der Waals surface area contributed by atoms with Crippen LogP contribution in [0.2, 0.25) is 10.0 Å². The summed E-state index contributed by atoms with van der Waals surface area (Å²) in [6, 6.07) is 16.1. The Labute approximate surface area is 214 Å². The Balaban J connectivity index is 1.55. The van der Waals surface area contributed by atoms with Gasteiger partial charge in [0.1, 0.15) is 0 Å². The molecular formula is C25H19Cl2F3N2O4. The molecule has 0 fully saturated rings. The van der Waals surface area contributed by atoms with Crippen molar-refractivity contribution < 1.29 is 32.6 Å². The molecule has 4 rings (SSSR count). The molecule has 1 heterocycles. The standard InChI is InChI=1S/C25H19Cl2F3N2O4/c1-35-23(34)15-7-5-14(6-8-15)22(33)31-20-4-2-3-16(9-20)21-13-24(36-32-21,25(28,29)30)17-10-18(26)12-19(27)11-17/h2-12,22,31,33H,13H2,1H3. The van der Waals surface area contributed by atoms with Crippen LogP contribution < -0.4 is 5.32 Å². The highest BCUT2D eigenvalue weighted by Gasteiger charge is 2.62. The number of hydrogen-bond donors (Lipinski definition) is 2. The van der Waals surface area contributed by atoms with Crippen molar-refractivity contribution in [2.75, 3.05) is 12.4 Å². The zero-order valence-electron chi connectivity index (χ0n) is 18.6. The number of methoxy groups -OCH3 is 1. The molecule has 3 aromatic rings. The summed E-state index contributed by atoms with van der Waals surface area (Å²) >= 11 is 11.9. The van der Waals surface area contributed by atoms with E-state index in [4.69, 9.17) is 28.0 Å². The van der Waals surface area contributed by atoms with Crippen LogP contribution in [0.25, 0.3) is 0 Å². The van der Waals surface area contributed by atoms with E-state index in [1.165, 1.54) is 25.3 Å². The van der Waals surface area contributed by atoms with Crippen molar-refractivity contribution >= 4 is 40.6 Å². The van der Waals surface area contributed by atoms with Crippen LogP contribution in [0.1, 0.15) is 39.7 Å². The zero-order chi connectivity index (χ0) is 26.1. The predicted octanol–water partition coefficient (Wildman–Crippen LogP) is 6.47. The van der Waals surface area contributed by atoms with Crippen LogP contribution >= 0.6 is 23.2 Å². The van der Waals surface area contributed by atoms with Crippen LogP contribution in [-0.4, -0.2) is 30.1 Å². The van der Waals surface area contributed by atoms with Crippen molar-refractivity contribution in [3.05, 3.63) is 99.0 Å². The monoisotopic (exact) mass is 538 g/mol. The first-order valence-corrected chi connectivity index (χ1v) is 11.3. The third kappa shape index (κ3) is 5.13. The SMILES string of the molecule is COC(=O)c1ccc(C(O)Nc2cccc(C3=NOC(c4cc(Cl)cc(Cl)c4)(C(F)(F)F)C3)c2)cc1. The number of benzene rings is 3. The minimum atomic E-state index is -4.81. The maximum absolute atomic E-state index is 14.2. The summed E-state index contributed by atoms with van der Waals surface area (Å²) in [5, 5.41) is 17.3. The first kappa shape index (κ1) is 25.8. The first-order valence-electron chi connectivity index (χ1n) is 10.5. The van der Waals surface area contributed by atoms with E-state index < -0.39 is 30.4 Å². The minimum absolute atomic E-state index is 0.0398. The normalized spacial score (nSPS) is 18.2. The number of halogens is 5. The Morgan fingerprint density at radius 2 is 1.78 bits per heavy atom. The van der Waals surface area contributed by atoms with E-state index in [1.807, 2.05) is 0 Å². The molecule has 0 aliphatic carbocycles. The van der Waals surface area contributed by atoms with Crippen molar-refractivity contribution in [2.45, 2.75) is 24.4 Å². The Kier molecular flexibility index (Phi) is 7.17. The lowest BCUT2D eigenvalue weighted by Crippen LogP contribution is -2.42. The van der Waals surface area contributed by atoms with Gasteiger partial charge in [-0.05, 0) is 42.5 Å². The molecule has 2 N–H and O–H groups in total. The van der Waals surface area contributed by atoms with Gasteiger partial charge in [0.2, 0.25) is 0 Å². The van der Waals surface area contributed by atoms with Gasteiger partial charge in [-0.25, -0.2) is 4.79 Å². The molecule has 1 aliphatic rings. The molecule has 188 valence electrons. The number of ether oxygens (including phenoxy) is 1. The van der Waals surface area contributed by atoms with E-state index in [-0.39, 0.29) is 21.3 Å². The Morgan fingerprint density at radius 1 is 1.11 bits per heavy atom. The summed E-state index contributed by atoms with van der Waals surface area (Å²) in [5.74, 6) is -0.508. The lowest BCUT2D eigenvalue weighted by atomic mass is 9.86. The van der Waals surface area contributed by atoms with Gasteiger partial charge >= 0.3 is 12.1 Å². The fourth-order valence-corrected chi connectivity index (χ4v) is 4.32. The van der Waals surface area contributed by atoms with Crippen molar-refractivity contribution in [3.63, 3.8) is 0 Å². The summed E-state index contributed by atoms with van der Waals surface area (Å²) in [4.78, 5) is 16.6. The number of carbonyl (C=O) groups is 1. The molecule has 0 saturated carbocycles. The van der Waals surface area contributed by atoms with Crippen molar-refractivity contribution in [1.29, 1.82) is 0 Å². The van der Waals surface area contributed by atoms with Gasteiger partial charge in [-0.3, -0.25) is 0 Å². The third-order valence-electron chi connectivity index (χ3n) is 5.66. The van der Waals surface area contributed by atoms with E-state index in [1.54, 1.807) is 36.4 Å². The number of alkyl halides is 3. The molecule has 3 aromatic carbocycles. The number of oxime groups is 1. The minimum Gasteiger partial charge on any atom is -0.465 e. The summed E-state index contributed by atoms with van der Waals surface area (Å²) in [7, 11) is 1.27. The number of rotatable bonds is 6. The van der Waals surface area contributed by atoms with Gasteiger partial charge in [0.25, 0.3) is 5.60 Å². The fraction of sp³-hybridized carbons (Fsp3) is 0.200. The maximum Gasteiger partial charge on any atom is 0.435 e. The van der Waals surface area contributed by atoms with Crippen molar-refractivity contribution in [1.82, 2.24) is 0 Å². The average molecular weight is 539 g/mol. The zero-order valence-corrected chi connectivity index (χ0v) is 20.2. The Bertz CT molecular complexity index is 1300. The lowest BCUT2D eigenvalue weighted by molar-refractivity contribution is -0.275. The van der Waals surface area contributed by atoms with Crippen LogP contribution in [0, 0.1) is 0 Å². The molecule has 2 unspecified atom stereocenters. The van der Waals surface area contributed by atoms with Crippen molar-refractivity contribution in [2.24, 2.45) is 5.16 Å². The van der Waals surface area contributed by atoms with Crippen LogP contribution in [-0.2, 0) is 15.2 Å². The van der Waals surface area contributed by atoms with Gasteiger partial charge in [0.05, 0.1) is 18.4 Å². The number of aliphatic hydroxyl groups is 1. The van der Waals surface area contributed by atoms with E-state index in [0.717, 1.165) is 12.1 Å². The molecular weight excluding hydrogens is 520 g/mol. The molecule has 0 spiro atoms. The maximum atomic E-state index is 14.2. The van der Waals surface area contributed by atoms with Crippen LogP contribution in [0.5, 0.6) is 0 Å². The molecule has 0 saturated heterocycles. The second-order valence-corrected chi connectivity index (χ2v) is 8.90. The van der Waals surface area contributed by atoms with Gasteiger partial charge in [0, 0.05) is 38.8 Å². The van der Waals surface area contributed by atoms with Crippen LogP contribution in [0.3, 0.4) is 0 Å². The molecule has 1 aliphatic heterocycles. The number of anilines is 1. The molecule has 6 nitrogen and oxygen atoms in total. The quantitative estimate of drug-likeness (QED) is 0.278. The van der Waals surface area contributed by atoms with E-state index >= 15 is 0 Å². The van der Waals surface area contributed by atoms with Gasteiger partial charge < -0.3 is 20.0 Å². The number of hydrogen-bond acceptors (Lipinski definition) is 6. The number of nitrogens with zero attached hydrogens (tertiary/aromatic N) is 1. The number of nitrogens with one attached hydrogen (secondary N) is 1. The summed E-state index contributed by atoms with van der Waals surface area (Å²) in [6.45, 7) is 0. The van der Waals surface area contributed by atoms with Crippen LogP contribution in [0.4, 0.5) is 18.9 Å². The van der Waals surface area contributed by atoms with E-state index in [2.05, 4.69) is 15.2 Å². The first-order chi connectivity index (χ1) is 17.0. The number of aliphatic hydroxyl groups excluding tert-OH is 1. The summed E-state index contributed by atoms with van der Waals surface area (Å²) in [5.41, 5.74) is -1.37. The molecule has 0 aromatic heterocycles. The van der Waals surface area contributed by atoms with Gasteiger partial charge in [-0.15, -0.1) is 0 Å². The fourth-order valence-electron chi connectivity index (χ4n) is 3.79. The molecule has 0 radical (unpaired) electrons.